The molecule has 0 spiro atoms. The minimum Gasteiger partial charge on any atom is -0.497 e. The van der Waals surface area contributed by atoms with Crippen LogP contribution >= 0.6 is 11.6 Å². The standard InChI is InChI=1S/C21H22ClN3O8/c1-31-14-7-8-17(25(29)30)15(11-14)23-20(27)12-33-21(28)5-3-4-19(26)24-16-10-13(22)6-9-18(16)32-2/h6-11H,3-5,12H2,1-2H3,(H,23,27)(H,24,26). The molecule has 0 aliphatic heterocycles. The molecule has 11 nitrogen and oxygen atoms in total. The third kappa shape index (κ3) is 7.96. The number of rotatable bonds is 11. The minimum absolute atomic E-state index is 0.0208. The predicted octanol–water partition coefficient (Wildman–Crippen LogP) is 3.56. The first-order valence-corrected chi connectivity index (χ1v) is 10.0. The number of ether oxygens (including phenoxy) is 3. The van der Waals surface area contributed by atoms with Crippen molar-refractivity contribution in [2.75, 3.05) is 31.5 Å². The number of esters is 1. The number of carbonyl (C=O) groups excluding carboxylic acids is 3. The zero-order chi connectivity index (χ0) is 24.4. The molecule has 0 aliphatic rings. The van der Waals surface area contributed by atoms with Crippen LogP contribution in [0.5, 0.6) is 11.5 Å². The Morgan fingerprint density at radius 1 is 0.970 bits per heavy atom. The number of hydrogen-bond donors (Lipinski definition) is 2. The van der Waals surface area contributed by atoms with Crippen LogP contribution in [0.3, 0.4) is 0 Å². The number of methoxy groups -OCH3 is 2. The highest BCUT2D eigenvalue weighted by atomic mass is 35.5. The summed E-state index contributed by atoms with van der Waals surface area (Å²) in [6, 6.07) is 8.62. The summed E-state index contributed by atoms with van der Waals surface area (Å²) >= 11 is 5.91. The summed E-state index contributed by atoms with van der Waals surface area (Å²) in [5.74, 6) is -1.06. The molecule has 0 atom stereocenters. The maximum Gasteiger partial charge on any atom is 0.306 e. The van der Waals surface area contributed by atoms with Crippen LogP contribution in [0.2, 0.25) is 5.02 Å². The Kier molecular flexibility index (Phi) is 9.43. The van der Waals surface area contributed by atoms with Crippen LogP contribution in [0.4, 0.5) is 17.1 Å². The van der Waals surface area contributed by atoms with Gasteiger partial charge < -0.3 is 24.8 Å². The molecule has 33 heavy (non-hydrogen) atoms. The third-order valence-electron chi connectivity index (χ3n) is 4.26. The van der Waals surface area contributed by atoms with Gasteiger partial charge in [-0.1, -0.05) is 11.6 Å². The van der Waals surface area contributed by atoms with Crippen molar-refractivity contribution in [3.8, 4) is 11.5 Å². The molecule has 2 aromatic carbocycles. The Balaban J connectivity index is 1.77. The van der Waals surface area contributed by atoms with Crippen LogP contribution in [0.25, 0.3) is 0 Å². The fourth-order valence-corrected chi connectivity index (χ4v) is 2.86. The van der Waals surface area contributed by atoms with Crippen molar-refractivity contribution in [1.82, 2.24) is 0 Å². The lowest BCUT2D eigenvalue weighted by atomic mass is 10.2. The number of amides is 2. The molecule has 0 radical (unpaired) electrons. The Morgan fingerprint density at radius 2 is 1.70 bits per heavy atom. The van der Waals surface area contributed by atoms with Crippen molar-refractivity contribution >= 4 is 46.4 Å². The van der Waals surface area contributed by atoms with E-state index in [0.29, 0.717) is 22.2 Å². The van der Waals surface area contributed by atoms with Gasteiger partial charge in [-0.15, -0.1) is 0 Å². The normalized spacial score (nSPS) is 10.2. The molecule has 2 N–H and O–H groups in total. The van der Waals surface area contributed by atoms with E-state index in [1.54, 1.807) is 12.1 Å². The number of anilines is 2. The van der Waals surface area contributed by atoms with Gasteiger partial charge in [0.1, 0.15) is 17.2 Å². The van der Waals surface area contributed by atoms with Crippen LogP contribution in [0.15, 0.2) is 36.4 Å². The quantitative estimate of drug-likeness (QED) is 0.282. The van der Waals surface area contributed by atoms with E-state index in [2.05, 4.69) is 10.6 Å². The van der Waals surface area contributed by atoms with Gasteiger partial charge in [-0.25, -0.2) is 0 Å². The molecule has 2 rings (SSSR count). The summed E-state index contributed by atoms with van der Waals surface area (Å²) < 4.78 is 15.0. The highest BCUT2D eigenvalue weighted by molar-refractivity contribution is 6.31. The second kappa shape index (κ2) is 12.2. The molecular formula is C21H22ClN3O8. The van der Waals surface area contributed by atoms with Gasteiger partial charge in [-0.3, -0.25) is 24.5 Å². The first-order chi connectivity index (χ1) is 15.7. The Bertz CT molecular complexity index is 1040. The number of halogens is 1. The molecule has 2 aromatic rings. The highest BCUT2D eigenvalue weighted by Gasteiger charge is 2.18. The van der Waals surface area contributed by atoms with Crippen LogP contribution in [-0.4, -0.2) is 43.5 Å². The van der Waals surface area contributed by atoms with Gasteiger partial charge in [0.2, 0.25) is 5.91 Å². The van der Waals surface area contributed by atoms with E-state index in [9.17, 15) is 24.5 Å². The lowest BCUT2D eigenvalue weighted by molar-refractivity contribution is -0.383. The topological polar surface area (TPSA) is 146 Å². The number of nitrogens with zero attached hydrogens (tertiary/aromatic N) is 1. The first kappa shape index (κ1) is 25.4. The van der Waals surface area contributed by atoms with Crippen LogP contribution in [-0.2, 0) is 19.1 Å². The van der Waals surface area contributed by atoms with Crippen LogP contribution < -0.4 is 20.1 Å². The molecule has 12 heteroatoms. The second-order valence-electron chi connectivity index (χ2n) is 6.60. The molecular weight excluding hydrogens is 458 g/mol. The molecule has 0 heterocycles. The zero-order valence-corrected chi connectivity index (χ0v) is 18.6. The summed E-state index contributed by atoms with van der Waals surface area (Å²) in [5, 5.41) is 16.5. The van der Waals surface area contributed by atoms with Crippen molar-refractivity contribution in [3.63, 3.8) is 0 Å². The van der Waals surface area contributed by atoms with Crippen molar-refractivity contribution < 1.29 is 33.5 Å². The number of benzene rings is 2. The SMILES string of the molecule is COc1ccc([N+](=O)[O-])c(NC(=O)COC(=O)CCCC(=O)Nc2cc(Cl)ccc2OC)c1. The Hall–Kier alpha value is -3.86. The molecule has 0 bridgehead atoms. The first-order valence-electron chi connectivity index (χ1n) is 9.64. The smallest absolute Gasteiger partial charge is 0.306 e. The molecule has 0 aromatic heterocycles. The average Bonchev–Trinajstić information content (AvgIpc) is 2.77. The van der Waals surface area contributed by atoms with E-state index in [4.69, 9.17) is 25.8 Å². The molecule has 0 unspecified atom stereocenters. The third-order valence-corrected chi connectivity index (χ3v) is 4.49. The Morgan fingerprint density at radius 3 is 2.36 bits per heavy atom. The summed E-state index contributed by atoms with van der Waals surface area (Å²) in [5.41, 5.74) is -0.0211. The van der Waals surface area contributed by atoms with E-state index < -0.39 is 23.4 Å². The summed E-state index contributed by atoms with van der Waals surface area (Å²) in [4.78, 5) is 46.4. The van der Waals surface area contributed by atoms with E-state index in [0.717, 1.165) is 0 Å². The van der Waals surface area contributed by atoms with Crippen molar-refractivity contribution in [2.24, 2.45) is 0 Å². The lowest BCUT2D eigenvalue weighted by Crippen LogP contribution is -2.21. The molecule has 176 valence electrons. The van der Waals surface area contributed by atoms with E-state index in [-0.39, 0.29) is 36.5 Å². The molecule has 0 saturated carbocycles. The maximum atomic E-state index is 12.1. The van der Waals surface area contributed by atoms with E-state index in [1.807, 2.05) is 0 Å². The summed E-state index contributed by atoms with van der Waals surface area (Å²) in [6.45, 7) is -0.640. The van der Waals surface area contributed by atoms with Crippen molar-refractivity contribution in [1.29, 1.82) is 0 Å². The van der Waals surface area contributed by atoms with E-state index >= 15 is 0 Å². The fourth-order valence-electron chi connectivity index (χ4n) is 2.69. The number of nitro benzene ring substituents is 1. The summed E-state index contributed by atoms with van der Waals surface area (Å²) in [6.07, 6.45) is 0.0934. The van der Waals surface area contributed by atoms with Gasteiger partial charge in [0.25, 0.3) is 11.6 Å². The fraction of sp³-hybridized carbons (Fsp3) is 0.286. The van der Waals surface area contributed by atoms with Gasteiger partial charge in [-0.05, 0) is 30.7 Å². The van der Waals surface area contributed by atoms with Gasteiger partial charge in [0.05, 0.1) is 24.8 Å². The van der Waals surface area contributed by atoms with E-state index in [1.165, 1.54) is 38.5 Å². The predicted molar refractivity (Wildman–Crippen MR) is 120 cm³/mol. The van der Waals surface area contributed by atoms with Gasteiger partial charge >= 0.3 is 5.97 Å². The van der Waals surface area contributed by atoms with Crippen molar-refractivity contribution in [3.05, 3.63) is 51.5 Å². The Labute approximate surface area is 194 Å². The second-order valence-corrected chi connectivity index (χ2v) is 7.03. The van der Waals surface area contributed by atoms with Crippen LogP contribution in [0, 0.1) is 10.1 Å². The van der Waals surface area contributed by atoms with Crippen molar-refractivity contribution in [2.45, 2.75) is 19.3 Å². The maximum absolute atomic E-state index is 12.1. The molecule has 0 aliphatic carbocycles. The average molecular weight is 480 g/mol. The largest absolute Gasteiger partial charge is 0.497 e. The lowest BCUT2D eigenvalue weighted by Gasteiger charge is -2.10. The number of nitro groups is 1. The number of nitrogens with one attached hydrogen (secondary N) is 2. The van der Waals surface area contributed by atoms with Gasteiger partial charge in [0, 0.05) is 30.0 Å². The minimum atomic E-state index is -0.759. The zero-order valence-electron chi connectivity index (χ0n) is 17.9. The van der Waals surface area contributed by atoms with Gasteiger partial charge in [0.15, 0.2) is 6.61 Å². The molecule has 0 fully saturated rings. The number of hydrogen-bond acceptors (Lipinski definition) is 8. The molecule has 0 saturated heterocycles. The molecule has 2 amide bonds. The number of carbonyl (C=O) groups is 3. The summed E-state index contributed by atoms with van der Waals surface area (Å²) in [7, 11) is 2.83. The highest BCUT2D eigenvalue weighted by Crippen LogP contribution is 2.29. The van der Waals surface area contributed by atoms with Gasteiger partial charge in [-0.2, -0.15) is 0 Å². The monoisotopic (exact) mass is 479 g/mol. The van der Waals surface area contributed by atoms with Crippen LogP contribution in [0.1, 0.15) is 19.3 Å².